The van der Waals surface area contributed by atoms with Crippen molar-refractivity contribution in [3.05, 3.63) is 71.8 Å². The summed E-state index contributed by atoms with van der Waals surface area (Å²) in [6, 6.07) is 18.3. The van der Waals surface area contributed by atoms with E-state index in [-0.39, 0.29) is 24.3 Å². The monoisotopic (exact) mass is 352 g/mol. The van der Waals surface area contributed by atoms with E-state index in [1.54, 1.807) is 12.1 Å². The second-order valence-electron chi connectivity index (χ2n) is 6.42. The molecule has 2 N–H and O–H groups in total. The van der Waals surface area contributed by atoms with Crippen LogP contribution in [0.25, 0.3) is 0 Å². The van der Waals surface area contributed by atoms with Gasteiger partial charge in [0.15, 0.2) is 0 Å². The van der Waals surface area contributed by atoms with E-state index in [0.29, 0.717) is 12.1 Å². The average molecular weight is 352 g/mol. The van der Waals surface area contributed by atoms with Crippen molar-refractivity contribution in [1.29, 1.82) is 0 Å². The summed E-state index contributed by atoms with van der Waals surface area (Å²) in [5.41, 5.74) is 1.52. The van der Waals surface area contributed by atoms with E-state index in [1.807, 2.05) is 48.5 Å². The quantitative estimate of drug-likeness (QED) is 0.628. The molecular weight excluding hydrogens is 324 g/mol. The highest BCUT2D eigenvalue weighted by Gasteiger charge is 2.18. The Balaban J connectivity index is 1.96. The molecule has 2 rings (SSSR count). The normalized spacial score (nSPS) is 11.6. The molecule has 0 spiro atoms. The molecule has 0 aliphatic rings. The lowest BCUT2D eigenvalue weighted by Crippen LogP contribution is -2.34. The Hall–Kier alpha value is -2.62. The topological polar surface area (TPSA) is 58.2 Å². The summed E-state index contributed by atoms with van der Waals surface area (Å²) >= 11 is 0. The van der Waals surface area contributed by atoms with Crippen LogP contribution in [0.1, 0.15) is 61.0 Å². The molecule has 1 atom stereocenters. The summed E-state index contributed by atoms with van der Waals surface area (Å²) in [4.78, 5) is 24.8. The molecule has 2 aromatic rings. The third kappa shape index (κ3) is 6.71. The van der Waals surface area contributed by atoms with Crippen molar-refractivity contribution >= 4 is 11.8 Å². The first-order chi connectivity index (χ1) is 12.7. The summed E-state index contributed by atoms with van der Waals surface area (Å²) in [6.45, 7) is 2.85. The largest absolute Gasteiger partial charge is 0.356 e. The minimum Gasteiger partial charge on any atom is -0.356 e. The van der Waals surface area contributed by atoms with Crippen LogP contribution in [0.5, 0.6) is 0 Å². The van der Waals surface area contributed by atoms with Gasteiger partial charge in [-0.15, -0.1) is 0 Å². The summed E-state index contributed by atoms with van der Waals surface area (Å²) in [5.74, 6) is -0.209. The standard InChI is InChI=1S/C22H28N2O2/c1-2-3-4-11-16-23-21(25)17-20(18-12-7-5-8-13-18)24-22(26)19-14-9-6-10-15-19/h5-10,12-15,20H,2-4,11,16-17H2,1H3,(H,23,25)(H,24,26). The zero-order valence-electron chi connectivity index (χ0n) is 15.4. The molecule has 2 amide bonds. The Kier molecular flexibility index (Phi) is 8.40. The second-order valence-corrected chi connectivity index (χ2v) is 6.42. The van der Waals surface area contributed by atoms with Gasteiger partial charge in [0, 0.05) is 12.1 Å². The summed E-state index contributed by atoms with van der Waals surface area (Å²) in [7, 11) is 0. The highest BCUT2D eigenvalue weighted by molar-refractivity contribution is 5.94. The van der Waals surface area contributed by atoms with Gasteiger partial charge >= 0.3 is 0 Å². The zero-order chi connectivity index (χ0) is 18.6. The number of rotatable bonds is 10. The molecule has 0 heterocycles. The Morgan fingerprint density at radius 3 is 2.19 bits per heavy atom. The number of carbonyl (C=O) groups excluding carboxylic acids is 2. The van der Waals surface area contributed by atoms with Crippen LogP contribution in [0.15, 0.2) is 60.7 Å². The summed E-state index contributed by atoms with van der Waals surface area (Å²) in [6.07, 6.45) is 4.72. The van der Waals surface area contributed by atoms with E-state index in [2.05, 4.69) is 17.6 Å². The van der Waals surface area contributed by atoms with E-state index in [1.165, 1.54) is 12.8 Å². The van der Waals surface area contributed by atoms with Crippen LogP contribution in [0.2, 0.25) is 0 Å². The maximum atomic E-state index is 12.5. The van der Waals surface area contributed by atoms with Gasteiger partial charge in [0.1, 0.15) is 0 Å². The number of nitrogens with one attached hydrogen (secondary N) is 2. The van der Waals surface area contributed by atoms with Crippen molar-refractivity contribution in [3.63, 3.8) is 0 Å². The van der Waals surface area contributed by atoms with E-state index in [4.69, 9.17) is 0 Å². The predicted molar refractivity (Wildman–Crippen MR) is 105 cm³/mol. The molecule has 0 aliphatic heterocycles. The van der Waals surface area contributed by atoms with Crippen LogP contribution in [-0.4, -0.2) is 18.4 Å². The maximum Gasteiger partial charge on any atom is 0.251 e. The molecular formula is C22H28N2O2. The van der Waals surface area contributed by atoms with Gasteiger partial charge < -0.3 is 10.6 Å². The fraction of sp³-hybridized carbons (Fsp3) is 0.364. The van der Waals surface area contributed by atoms with Gasteiger partial charge in [0.2, 0.25) is 5.91 Å². The van der Waals surface area contributed by atoms with Crippen molar-refractivity contribution < 1.29 is 9.59 Å². The van der Waals surface area contributed by atoms with E-state index in [9.17, 15) is 9.59 Å². The number of carbonyl (C=O) groups is 2. The third-order valence-electron chi connectivity index (χ3n) is 4.29. The average Bonchev–Trinajstić information content (AvgIpc) is 2.68. The molecule has 0 fully saturated rings. The maximum absolute atomic E-state index is 12.5. The van der Waals surface area contributed by atoms with Crippen LogP contribution < -0.4 is 10.6 Å². The van der Waals surface area contributed by atoms with Crippen molar-refractivity contribution in [2.45, 2.75) is 45.1 Å². The number of benzene rings is 2. The number of unbranched alkanes of at least 4 members (excludes halogenated alkanes) is 3. The van der Waals surface area contributed by atoms with E-state index in [0.717, 1.165) is 18.4 Å². The molecule has 0 aromatic heterocycles. The third-order valence-corrected chi connectivity index (χ3v) is 4.29. The Morgan fingerprint density at radius 2 is 1.54 bits per heavy atom. The first-order valence-electron chi connectivity index (χ1n) is 9.38. The van der Waals surface area contributed by atoms with Crippen molar-refractivity contribution in [2.75, 3.05) is 6.54 Å². The van der Waals surface area contributed by atoms with Gasteiger partial charge in [-0.3, -0.25) is 9.59 Å². The summed E-state index contributed by atoms with van der Waals surface area (Å²) in [5, 5.41) is 5.96. The fourth-order valence-corrected chi connectivity index (χ4v) is 2.81. The first kappa shape index (κ1) is 19.7. The van der Waals surface area contributed by atoms with Crippen LogP contribution >= 0.6 is 0 Å². The van der Waals surface area contributed by atoms with Crippen molar-refractivity contribution in [2.24, 2.45) is 0 Å². The van der Waals surface area contributed by atoms with Crippen molar-refractivity contribution in [1.82, 2.24) is 10.6 Å². The van der Waals surface area contributed by atoms with Gasteiger partial charge in [0.25, 0.3) is 5.91 Å². The van der Waals surface area contributed by atoms with Gasteiger partial charge in [-0.1, -0.05) is 74.7 Å². The van der Waals surface area contributed by atoms with Gasteiger partial charge in [-0.2, -0.15) is 0 Å². The number of amides is 2. The highest BCUT2D eigenvalue weighted by atomic mass is 16.2. The second kappa shape index (κ2) is 11.1. The van der Waals surface area contributed by atoms with Crippen LogP contribution in [0.4, 0.5) is 0 Å². The molecule has 2 aromatic carbocycles. The summed E-state index contributed by atoms with van der Waals surface area (Å²) < 4.78 is 0. The Morgan fingerprint density at radius 1 is 0.885 bits per heavy atom. The SMILES string of the molecule is CCCCCCNC(=O)CC(NC(=O)c1ccccc1)c1ccccc1. The van der Waals surface area contributed by atoms with Crippen LogP contribution in [0, 0.1) is 0 Å². The molecule has 0 saturated carbocycles. The van der Waals surface area contributed by atoms with Crippen LogP contribution in [0.3, 0.4) is 0 Å². The number of hydrogen-bond donors (Lipinski definition) is 2. The fourth-order valence-electron chi connectivity index (χ4n) is 2.81. The Labute approximate surface area is 156 Å². The molecule has 138 valence electrons. The first-order valence-corrected chi connectivity index (χ1v) is 9.38. The molecule has 0 saturated heterocycles. The van der Waals surface area contributed by atoms with Gasteiger partial charge in [0.05, 0.1) is 12.5 Å². The Bertz CT molecular complexity index is 671. The smallest absolute Gasteiger partial charge is 0.251 e. The lowest BCUT2D eigenvalue weighted by Gasteiger charge is -2.19. The molecule has 4 nitrogen and oxygen atoms in total. The number of hydrogen-bond acceptors (Lipinski definition) is 2. The highest BCUT2D eigenvalue weighted by Crippen LogP contribution is 2.17. The molecule has 26 heavy (non-hydrogen) atoms. The van der Waals surface area contributed by atoms with Crippen LogP contribution in [-0.2, 0) is 4.79 Å². The van der Waals surface area contributed by atoms with Gasteiger partial charge in [-0.25, -0.2) is 0 Å². The molecule has 4 heteroatoms. The molecule has 0 bridgehead atoms. The minimum atomic E-state index is -0.348. The molecule has 0 radical (unpaired) electrons. The van der Waals surface area contributed by atoms with E-state index < -0.39 is 0 Å². The molecule has 0 aliphatic carbocycles. The lowest BCUT2D eigenvalue weighted by molar-refractivity contribution is -0.121. The molecule has 1 unspecified atom stereocenters. The minimum absolute atomic E-state index is 0.0382. The van der Waals surface area contributed by atoms with Crippen molar-refractivity contribution in [3.8, 4) is 0 Å². The predicted octanol–water partition coefficient (Wildman–Crippen LogP) is 4.24. The van der Waals surface area contributed by atoms with Gasteiger partial charge in [-0.05, 0) is 24.1 Å². The van der Waals surface area contributed by atoms with E-state index >= 15 is 0 Å². The zero-order valence-corrected chi connectivity index (χ0v) is 15.4. The lowest BCUT2D eigenvalue weighted by atomic mass is 10.0.